The molecule has 1 aliphatic rings. The Bertz CT molecular complexity index is 311. The second-order valence-electron chi connectivity index (χ2n) is 3.62. The van der Waals surface area contributed by atoms with Crippen LogP contribution in [0.25, 0.3) is 0 Å². The predicted octanol–water partition coefficient (Wildman–Crippen LogP) is 2.02. The largest absolute Gasteiger partial charge is 0.387 e. The van der Waals surface area contributed by atoms with E-state index in [-0.39, 0.29) is 0 Å². The third-order valence-electron chi connectivity index (χ3n) is 2.40. The van der Waals surface area contributed by atoms with Crippen LogP contribution in [0.1, 0.15) is 25.1 Å². The number of rotatable bonds is 4. The van der Waals surface area contributed by atoms with Crippen molar-refractivity contribution in [2.45, 2.75) is 29.6 Å². The number of pyridine rings is 1. The fourth-order valence-corrected chi connectivity index (χ4v) is 2.32. The highest BCUT2D eigenvalue weighted by Crippen LogP contribution is 2.28. The summed E-state index contributed by atoms with van der Waals surface area (Å²) >= 11 is 1.79. The Morgan fingerprint density at radius 1 is 1.60 bits per heavy atom. The zero-order valence-corrected chi connectivity index (χ0v) is 9.54. The first-order chi connectivity index (χ1) is 7.29. The molecule has 0 aliphatic carbocycles. The van der Waals surface area contributed by atoms with Crippen LogP contribution in [0.2, 0.25) is 0 Å². The molecule has 15 heavy (non-hydrogen) atoms. The number of aliphatic hydroxyl groups is 1. The van der Waals surface area contributed by atoms with Crippen molar-refractivity contribution in [3.05, 3.63) is 24.0 Å². The molecule has 1 aromatic heterocycles. The lowest BCUT2D eigenvalue weighted by Crippen LogP contribution is -2.30. The summed E-state index contributed by atoms with van der Waals surface area (Å²) < 4.78 is 5.11. The van der Waals surface area contributed by atoms with Gasteiger partial charge in [-0.25, -0.2) is 0 Å². The second-order valence-corrected chi connectivity index (χ2v) is 4.99. The highest BCUT2D eigenvalue weighted by molar-refractivity contribution is 8.00. The first-order valence-corrected chi connectivity index (χ1v) is 6.06. The van der Waals surface area contributed by atoms with Crippen LogP contribution in [0.3, 0.4) is 0 Å². The molecular weight excluding hydrogens is 210 g/mol. The van der Waals surface area contributed by atoms with Crippen molar-refractivity contribution in [1.29, 1.82) is 0 Å². The Hall–Kier alpha value is -0.580. The van der Waals surface area contributed by atoms with E-state index >= 15 is 0 Å². The van der Waals surface area contributed by atoms with Crippen LogP contribution >= 0.6 is 11.8 Å². The normalized spacial score (nSPS) is 18.5. The van der Waals surface area contributed by atoms with Crippen LogP contribution in [0.4, 0.5) is 0 Å². The molecule has 0 saturated carbocycles. The van der Waals surface area contributed by atoms with Gasteiger partial charge in [0, 0.05) is 11.1 Å². The third-order valence-corrected chi connectivity index (χ3v) is 3.52. The van der Waals surface area contributed by atoms with Crippen molar-refractivity contribution >= 4 is 11.8 Å². The van der Waals surface area contributed by atoms with E-state index in [9.17, 15) is 5.11 Å². The second kappa shape index (κ2) is 4.96. The van der Waals surface area contributed by atoms with Crippen molar-refractivity contribution < 1.29 is 9.84 Å². The Morgan fingerprint density at radius 3 is 2.87 bits per heavy atom. The van der Waals surface area contributed by atoms with Crippen LogP contribution in [-0.2, 0) is 4.74 Å². The quantitative estimate of drug-likeness (QED) is 0.851. The van der Waals surface area contributed by atoms with Gasteiger partial charge in [0.2, 0.25) is 0 Å². The standard InChI is InChI=1S/C11H15NO2S/c1-2-11(13)10-4-3-8(5-12-10)15-9-6-14-7-9/h3-5,9,11,13H,2,6-7H2,1H3/t11-/m1/s1. The zero-order chi connectivity index (χ0) is 10.7. The molecule has 1 aliphatic heterocycles. The molecule has 1 fully saturated rings. The molecule has 2 rings (SSSR count). The number of aliphatic hydroxyl groups excluding tert-OH is 1. The Balaban J connectivity index is 1.96. The molecule has 0 bridgehead atoms. The lowest BCUT2D eigenvalue weighted by atomic mass is 10.2. The third kappa shape index (κ3) is 2.71. The van der Waals surface area contributed by atoms with Crippen LogP contribution in [0.5, 0.6) is 0 Å². The summed E-state index contributed by atoms with van der Waals surface area (Å²) in [4.78, 5) is 5.40. The van der Waals surface area contributed by atoms with Crippen molar-refractivity contribution in [2.24, 2.45) is 0 Å². The number of hydrogen-bond acceptors (Lipinski definition) is 4. The lowest BCUT2D eigenvalue weighted by molar-refractivity contribution is 0.0455. The molecule has 1 aromatic rings. The number of nitrogens with zero attached hydrogens (tertiary/aromatic N) is 1. The molecule has 82 valence electrons. The highest BCUT2D eigenvalue weighted by atomic mass is 32.2. The SMILES string of the molecule is CC[C@@H](O)c1ccc(SC2COC2)cn1. The van der Waals surface area contributed by atoms with E-state index < -0.39 is 6.10 Å². The topological polar surface area (TPSA) is 42.4 Å². The van der Waals surface area contributed by atoms with Crippen LogP contribution < -0.4 is 0 Å². The number of thioether (sulfide) groups is 1. The number of aromatic nitrogens is 1. The van der Waals surface area contributed by atoms with E-state index in [0.717, 1.165) is 23.8 Å². The summed E-state index contributed by atoms with van der Waals surface area (Å²) in [5, 5.41) is 10.1. The zero-order valence-electron chi connectivity index (χ0n) is 8.72. The van der Waals surface area contributed by atoms with E-state index in [2.05, 4.69) is 4.98 Å². The molecule has 1 N–H and O–H groups in total. The molecule has 3 nitrogen and oxygen atoms in total. The maximum atomic E-state index is 9.57. The molecule has 0 amide bonds. The minimum absolute atomic E-state index is 0.434. The fraction of sp³-hybridized carbons (Fsp3) is 0.545. The van der Waals surface area contributed by atoms with Gasteiger partial charge in [-0.15, -0.1) is 11.8 Å². The van der Waals surface area contributed by atoms with E-state index in [0.29, 0.717) is 11.7 Å². The molecule has 0 unspecified atom stereocenters. The fourth-order valence-electron chi connectivity index (χ4n) is 1.34. The first-order valence-electron chi connectivity index (χ1n) is 5.18. The van der Waals surface area contributed by atoms with E-state index in [1.54, 1.807) is 11.8 Å². The van der Waals surface area contributed by atoms with Crippen LogP contribution in [0, 0.1) is 0 Å². The number of hydrogen-bond donors (Lipinski definition) is 1. The van der Waals surface area contributed by atoms with Crippen molar-refractivity contribution in [3.63, 3.8) is 0 Å². The van der Waals surface area contributed by atoms with Gasteiger partial charge in [-0.1, -0.05) is 6.92 Å². The lowest BCUT2D eigenvalue weighted by Gasteiger charge is -2.25. The van der Waals surface area contributed by atoms with E-state index in [4.69, 9.17) is 4.74 Å². The van der Waals surface area contributed by atoms with Gasteiger partial charge in [0.15, 0.2) is 0 Å². The van der Waals surface area contributed by atoms with Gasteiger partial charge in [0.25, 0.3) is 0 Å². The average Bonchev–Trinajstić information content (AvgIpc) is 2.23. The van der Waals surface area contributed by atoms with Gasteiger partial charge >= 0.3 is 0 Å². The van der Waals surface area contributed by atoms with E-state index in [1.807, 2.05) is 25.3 Å². The van der Waals surface area contributed by atoms with Crippen LogP contribution in [0.15, 0.2) is 23.2 Å². The minimum Gasteiger partial charge on any atom is -0.387 e. The first kappa shape index (κ1) is 10.9. The Morgan fingerprint density at radius 2 is 2.40 bits per heavy atom. The van der Waals surface area contributed by atoms with Gasteiger partial charge in [-0.05, 0) is 18.6 Å². The molecule has 4 heteroatoms. The summed E-state index contributed by atoms with van der Waals surface area (Å²) in [5.74, 6) is 0. The monoisotopic (exact) mass is 225 g/mol. The Labute approximate surface area is 93.9 Å². The predicted molar refractivity (Wildman–Crippen MR) is 60.0 cm³/mol. The summed E-state index contributed by atoms with van der Waals surface area (Å²) in [6.07, 6.45) is 2.10. The van der Waals surface area contributed by atoms with E-state index in [1.165, 1.54) is 0 Å². The maximum absolute atomic E-state index is 9.57. The smallest absolute Gasteiger partial charge is 0.0957 e. The molecular formula is C11H15NO2S. The number of ether oxygens (including phenoxy) is 1. The summed E-state index contributed by atoms with van der Waals surface area (Å²) in [5.41, 5.74) is 0.756. The molecule has 1 atom stereocenters. The molecule has 0 radical (unpaired) electrons. The summed E-state index contributed by atoms with van der Waals surface area (Å²) in [7, 11) is 0. The van der Waals surface area contributed by atoms with Gasteiger partial charge in [-0.2, -0.15) is 0 Å². The summed E-state index contributed by atoms with van der Waals surface area (Å²) in [6, 6.07) is 3.92. The van der Waals surface area contributed by atoms with Gasteiger partial charge < -0.3 is 9.84 Å². The molecule has 1 saturated heterocycles. The van der Waals surface area contributed by atoms with Crippen molar-refractivity contribution in [3.8, 4) is 0 Å². The molecule has 0 aromatic carbocycles. The van der Waals surface area contributed by atoms with Crippen LogP contribution in [-0.4, -0.2) is 28.6 Å². The van der Waals surface area contributed by atoms with Gasteiger partial charge in [-0.3, -0.25) is 4.98 Å². The maximum Gasteiger partial charge on any atom is 0.0957 e. The Kier molecular flexibility index (Phi) is 3.61. The molecule has 2 heterocycles. The summed E-state index contributed by atoms with van der Waals surface area (Å²) in [6.45, 7) is 3.62. The molecule has 0 spiro atoms. The highest BCUT2D eigenvalue weighted by Gasteiger charge is 2.19. The van der Waals surface area contributed by atoms with Gasteiger partial charge in [0.05, 0.1) is 30.3 Å². The van der Waals surface area contributed by atoms with Crippen molar-refractivity contribution in [2.75, 3.05) is 13.2 Å². The van der Waals surface area contributed by atoms with Gasteiger partial charge in [0.1, 0.15) is 0 Å². The average molecular weight is 225 g/mol. The van der Waals surface area contributed by atoms with Crippen molar-refractivity contribution in [1.82, 2.24) is 4.98 Å². The minimum atomic E-state index is -0.434.